The molecule has 84 valence electrons. The number of hydrogen-bond donors (Lipinski definition) is 0. The highest BCUT2D eigenvalue weighted by molar-refractivity contribution is 7.99. The largest absolute Gasteiger partial charge is 0.497 e. The van der Waals surface area contributed by atoms with Crippen molar-refractivity contribution >= 4 is 23.4 Å². The molecule has 0 fully saturated rings. The van der Waals surface area contributed by atoms with E-state index in [1.54, 1.807) is 7.11 Å². The molecule has 0 aromatic heterocycles. The highest BCUT2D eigenvalue weighted by Gasteiger charge is 1.95. The molecule has 3 heteroatoms. The Morgan fingerprint density at radius 2 is 1.87 bits per heavy atom. The normalized spacial score (nSPS) is 10.3. The molecular weight excluding hydrogens is 228 g/mol. The Kier molecular flexibility index (Phi) is 6.69. The Labute approximate surface area is 101 Å². The maximum absolute atomic E-state index is 5.61. The molecule has 1 aromatic carbocycles. The van der Waals surface area contributed by atoms with Crippen LogP contribution in [0.25, 0.3) is 0 Å². The van der Waals surface area contributed by atoms with E-state index >= 15 is 0 Å². The Hall–Kier alpha value is -0.340. The van der Waals surface area contributed by atoms with Gasteiger partial charge >= 0.3 is 0 Å². The maximum Gasteiger partial charge on any atom is 0.118 e. The average molecular weight is 245 g/mol. The summed E-state index contributed by atoms with van der Waals surface area (Å²) in [4.78, 5) is 1.31. The van der Waals surface area contributed by atoms with E-state index in [9.17, 15) is 0 Å². The van der Waals surface area contributed by atoms with E-state index in [0.717, 1.165) is 18.1 Å². The lowest BCUT2D eigenvalue weighted by Gasteiger charge is -2.03. The molecule has 0 amide bonds. The summed E-state index contributed by atoms with van der Waals surface area (Å²) < 4.78 is 5.10. The van der Waals surface area contributed by atoms with Crippen LogP contribution in [-0.2, 0) is 0 Å². The first kappa shape index (κ1) is 12.7. The molecule has 0 saturated heterocycles. The lowest BCUT2D eigenvalue weighted by Crippen LogP contribution is -1.84. The van der Waals surface area contributed by atoms with Crippen molar-refractivity contribution in [3.8, 4) is 5.75 Å². The maximum atomic E-state index is 5.61. The predicted octanol–water partition coefficient (Wildman–Crippen LogP) is 4.20. The van der Waals surface area contributed by atoms with Crippen LogP contribution in [0, 0.1) is 0 Å². The third kappa shape index (κ3) is 5.33. The van der Waals surface area contributed by atoms with Crippen molar-refractivity contribution in [3.63, 3.8) is 0 Å². The van der Waals surface area contributed by atoms with Crippen molar-refractivity contribution in [2.24, 2.45) is 0 Å². The molecule has 0 N–H and O–H groups in total. The van der Waals surface area contributed by atoms with Gasteiger partial charge in [0.25, 0.3) is 0 Å². The fourth-order valence-electron chi connectivity index (χ4n) is 1.24. The van der Waals surface area contributed by atoms with Gasteiger partial charge in [0.05, 0.1) is 7.11 Å². The first-order valence-corrected chi connectivity index (χ1v) is 6.71. The highest BCUT2D eigenvalue weighted by Crippen LogP contribution is 2.22. The molecule has 0 aliphatic rings. The van der Waals surface area contributed by atoms with Crippen LogP contribution in [0.4, 0.5) is 0 Å². The molecule has 0 spiro atoms. The van der Waals surface area contributed by atoms with Gasteiger partial charge in [0, 0.05) is 10.8 Å². The number of halogens is 1. The molecular formula is C12H17ClOS. The third-order valence-electron chi connectivity index (χ3n) is 2.11. The van der Waals surface area contributed by atoms with Crippen molar-refractivity contribution in [2.45, 2.75) is 24.2 Å². The minimum absolute atomic E-state index is 0.785. The third-order valence-corrected chi connectivity index (χ3v) is 3.47. The molecule has 0 bridgehead atoms. The van der Waals surface area contributed by atoms with Crippen molar-refractivity contribution in [2.75, 3.05) is 18.7 Å². The summed E-state index contributed by atoms with van der Waals surface area (Å²) in [7, 11) is 1.69. The van der Waals surface area contributed by atoms with Gasteiger partial charge in [-0.05, 0) is 42.9 Å². The fraction of sp³-hybridized carbons (Fsp3) is 0.500. The Morgan fingerprint density at radius 3 is 2.47 bits per heavy atom. The van der Waals surface area contributed by atoms with Crippen LogP contribution in [0.2, 0.25) is 0 Å². The molecule has 1 rings (SSSR count). The Bertz CT molecular complexity index is 261. The van der Waals surface area contributed by atoms with Gasteiger partial charge in [-0.15, -0.1) is 23.4 Å². The lowest BCUT2D eigenvalue weighted by molar-refractivity contribution is 0.414. The highest BCUT2D eigenvalue weighted by atomic mass is 35.5. The molecule has 0 saturated carbocycles. The van der Waals surface area contributed by atoms with E-state index in [-0.39, 0.29) is 0 Å². The number of unbranched alkanes of at least 4 members (excludes halogenated alkanes) is 2. The van der Waals surface area contributed by atoms with Crippen molar-refractivity contribution in [3.05, 3.63) is 24.3 Å². The number of thioether (sulfide) groups is 1. The second-order valence-electron chi connectivity index (χ2n) is 3.27. The van der Waals surface area contributed by atoms with E-state index in [4.69, 9.17) is 16.3 Å². The lowest BCUT2D eigenvalue weighted by atomic mass is 10.3. The number of methoxy groups -OCH3 is 1. The zero-order valence-electron chi connectivity index (χ0n) is 9.04. The molecule has 0 aliphatic carbocycles. The Balaban J connectivity index is 2.20. The van der Waals surface area contributed by atoms with Crippen LogP contribution in [0.15, 0.2) is 29.2 Å². The van der Waals surface area contributed by atoms with Gasteiger partial charge in [-0.2, -0.15) is 0 Å². The summed E-state index contributed by atoms with van der Waals surface area (Å²) in [6.45, 7) is 0. The van der Waals surface area contributed by atoms with E-state index in [1.165, 1.54) is 23.5 Å². The van der Waals surface area contributed by atoms with Gasteiger partial charge in [0.2, 0.25) is 0 Å². The van der Waals surface area contributed by atoms with E-state index < -0.39 is 0 Å². The first-order valence-electron chi connectivity index (χ1n) is 5.19. The van der Waals surface area contributed by atoms with Crippen LogP contribution in [0.3, 0.4) is 0 Å². The molecule has 1 nitrogen and oxygen atoms in total. The fourth-order valence-corrected chi connectivity index (χ4v) is 2.34. The van der Waals surface area contributed by atoms with E-state index in [1.807, 2.05) is 23.9 Å². The number of rotatable bonds is 7. The van der Waals surface area contributed by atoms with Crippen molar-refractivity contribution in [1.29, 1.82) is 0 Å². The SMILES string of the molecule is COc1ccc(SCCCCCCl)cc1. The molecule has 1 aromatic rings. The second kappa shape index (κ2) is 7.89. The van der Waals surface area contributed by atoms with Gasteiger partial charge < -0.3 is 4.74 Å². The summed E-state index contributed by atoms with van der Waals surface area (Å²) >= 11 is 7.50. The van der Waals surface area contributed by atoms with Crippen LogP contribution in [-0.4, -0.2) is 18.7 Å². The van der Waals surface area contributed by atoms with Crippen molar-refractivity contribution in [1.82, 2.24) is 0 Å². The monoisotopic (exact) mass is 244 g/mol. The smallest absolute Gasteiger partial charge is 0.118 e. The van der Waals surface area contributed by atoms with Crippen molar-refractivity contribution < 1.29 is 4.74 Å². The number of alkyl halides is 1. The number of ether oxygens (including phenoxy) is 1. The van der Waals surface area contributed by atoms with Gasteiger partial charge in [0.15, 0.2) is 0 Å². The number of benzene rings is 1. The zero-order valence-corrected chi connectivity index (χ0v) is 10.6. The van der Waals surface area contributed by atoms with Crippen LogP contribution in [0.5, 0.6) is 5.75 Å². The average Bonchev–Trinajstić information content (AvgIpc) is 2.30. The van der Waals surface area contributed by atoms with Crippen LogP contribution < -0.4 is 4.74 Å². The number of hydrogen-bond acceptors (Lipinski definition) is 2. The van der Waals surface area contributed by atoms with Crippen LogP contribution in [0.1, 0.15) is 19.3 Å². The molecule has 0 radical (unpaired) electrons. The summed E-state index contributed by atoms with van der Waals surface area (Å²) in [5, 5.41) is 0. The molecule has 0 atom stereocenters. The molecule has 0 unspecified atom stereocenters. The zero-order chi connectivity index (χ0) is 10.9. The minimum atomic E-state index is 0.785. The second-order valence-corrected chi connectivity index (χ2v) is 4.82. The summed E-state index contributed by atoms with van der Waals surface area (Å²) in [5.74, 6) is 2.87. The van der Waals surface area contributed by atoms with Gasteiger partial charge in [-0.1, -0.05) is 6.42 Å². The topological polar surface area (TPSA) is 9.23 Å². The summed E-state index contributed by atoms with van der Waals surface area (Å²) in [6, 6.07) is 8.21. The van der Waals surface area contributed by atoms with Gasteiger partial charge in [-0.3, -0.25) is 0 Å². The van der Waals surface area contributed by atoms with E-state index in [0.29, 0.717) is 0 Å². The predicted molar refractivity (Wildman–Crippen MR) is 68.3 cm³/mol. The molecule has 0 heterocycles. The summed E-state index contributed by atoms with van der Waals surface area (Å²) in [5.41, 5.74) is 0. The minimum Gasteiger partial charge on any atom is -0.497 e. The quantitative estimate of drug-likeness (QED) is 0.404. The first-order chi connectivity index (χ1) is 7.36. The van der Waals surface area contributed by atoms with Crippen LogP contribution >= 0.6 is 23.4 Å². The standard InChI is InChI=1S/C12H17ClOS/c1-14-11-5-7-12(8-6-11)15-10-4-2-3-9-13/h5-8H,2-4,9-10H2,1H3. The molecule has 0 aliphatic heterocycles. The summed E-state index contributed by atoms with van der Waals surface area (Å²) in [6.07, 6.45) is 3.60. The van der Waals surface area contributed by atoms with Gasteiger partial charge in [0.1, 0.15) is 5.75 Å². The Morgan fingerprint density at radius 1 is 1.13 bits per heavy atom. The van der Waals surface area contributed by atoms with E-state index in [2.05, 4.69) is 12.1 Å². The molecule has 15 heavy (non-hydrogen) atoms. The van der Waals surface area contributed by atoms with Gasteiger partial charge in [-0.25, -0.2) is 0 Å².